The monoisotopic (exact) mass is 466 g/mol. The highest BCUT2D eigenvalue weighted by Crippen LogP contribution is 2.31. The first-order valence-electron chi connectivity index (χ1n) is 10.2. The zero-order valence-corrected chi connectivity index (χ0v) is 24.0. The van der Waals surface area contributed by atoms with Crippen LogP contribution in [0.1, 0.15) is 0 Å². The lowest BCUT2D eigenvalue weighted by Gasteiger charge is -2.36. The Morgan fingerprint density at radius 1 is 0.786 bits per heavy atom. The van der Waals surface area contributed by atoms with Gasteiger partial charge in [0.1, 0.15) is 12.2 Å². The highest BCUT2D eigenvalue weighted by atomic mass is 28.4. The average Bonchev–Trinajstić information content (AvgIpc) is 2.66. The molecule has 1 rings (SSSR count). The molecule has 6 nitrogen and oxygen atoms in total. The Kier molecular flexibility index (Phi) is 8.54. The molecule has 0 aromatic carbocycles. The van der Waals surface area contributed by atoms with E-state index in [0.29, 0.717) is 6.61 Å². The fraction of sp³-hybridized carbons (Fsp3) is 0.944. The Bertz CT molecular complexity index is 530. The second kappa shape index (κ2) is 9.12. The molecule has 0 bridgehead atoms. The molecule has 1 fully saturated rings. The van der Waals surface area contributed by atoms with Crippen LogP contribution in [-0.4, -0.2) is 70.3 Å². The molecule has 0 N–H and O–H groups in total. The van der Waals surface area contributed by atoms with Crippen molar-refractivity contribution in [3.05, 3.63) is 0 Å². The maximum atomic E-state index is 12.8. The van der Waals surface area contributed by atoms with Crippen LogP contribution in [0.3, 0.4) is 0 Å². The largest absolute Gasteiger partial charge is 0.455 e. The van der Waals surface area contributed by atoms with E-state index in [4.69, 9.17) is 22.4 Å². The summed E-state index contributed by atoms with van der Waals surface area (Å²) in [6.07, 6.45) is -2.01. The highest BCUT2D eigenvalue weighted by Gasteiger charge is 2.53. The standard InChI is InChI=1S/C18H42O6Si4/c1-25(2,3)20-13-14(22-26(4,5)6)15-16(23-27(7,8)9)17(18(19)21-15)24-28(10,11)12/h14-17H,13H2,1-12H3/t14?,15?,16-,17-/m0/s1. The molecule has 28 heavy (non-hydrogen) atoms. The first-order chi connectivity index (χ1) is 12.3. The zero-order chi connectivity index (χ0) is 22.1. The van der Waals surface area contributed by atoms with Crippen LogP contribution in [0.15, 0.2) is 0 Å². The fourth-order valence-corrected chi connectivity index (χ4v) is 6.72. The van der Waals surface area contributed by atoms with E-state index >= 15 is 0 Å². The molecular weight excluding hydrogens is 425 g/mol. The first-order valence-corrected chi connectivity index (χ1v) is 23.8. The van der Waals surface area contributed by atoms with Crippen molar-refractivity contribution in [3.63, 3.8) is 0 Å². The van der Waals surface area contributed by atoms with Crippen molar-refractivity contribution >= 4 is 39.2 Å². The Morgan fingerprint density at radius 3 is 1.68 bits per heavy atom. The van der Waals surface area contributed by atoms with E-state index in [1.165, 1.54) is 0 Å². The Morgan fingerprint density at radius 2 is 1.29 bits per heavy atom. The summed E-state index contributed by atoms with van der Waals surface area (Å²) in [6.45, 7) is 25.8. The summed E-state index contributed by atoms with van der Waals surface area (Å²) in [4.78, 5) is 12.8. The third-order valence-electron chi connectivity index (χ3n) is 3.63. The number of ether oxygens (including phenoxy) is 1. The minimum Gasteiger partial charge on any atom is -0.455 e. The molecule has 0 radical (unpaired) electrons. The maximum absolute atomic E-state index is 12.8. The second-order valence-electron chi connectivity index (χ2n) is 11.4. The first kappa shape index (κ1) is 26.2. The van der Waals surface area contributed by atoms with Crippen molar-refractivity contribution in [2.75, 3.05) is 6.61 Å². The van der Waals surface area contributed by atoms with Crippen LogP contribution in [-0.2, 0) is 27.2 Å². The lowest BCUT2D eigenvalue weighted by molar-refractivity contribution is -0.150. The molecule has 0 aromatic rings. The number of rotatable bonds is 10. The average molecular weight is 467 g/mol. The van der Waals surface area contributed by atoms with Crippen molar-refractivity contribution in [2.24, 2.45) is 0 Å². The number of esters is 1. The van der Waals surface area contributed by atoms with Gasteiger partial charge in [0.05, 0.1) is 6.61 Å². The predicted octanol–water partition coefficient (Wildman–Crippen LogP) is 4.42. The van der Waals surface area contributed by atoms with Crippen molar-refractivity contribution in [2.45, 2.75) is 103 Å². The van der Waals surface area contributed by atoms with E-state index < -0.39 is 51.6 Å². The van der Waals surface area contributed by atoms with Crippen molar-refractivity contribution in [1.82, 2.24) is 0 Å². The van der Waals surface area contributed by atoms with Crippen LogP contribution in [0.2, 0.25) is 78.6 Å². The lowest BCUT2D eigenvalue weighted by Crippen LogP contribution is -2.53. The molecule has 0 amide bonds. The molecule has 1 aliphatic rings. The third-order valence-corrected chi connectivity index (χ3v) is 7.61. The molecule has 1 saturated heterocycles. The van der Waals surface area contributed by atoms with E-state index in [9.17, 15) is 4.79 Å². The molecule has 1 heterocycles. The summed E-state index contributed by atoms with van der Waals surface area (Å²) in [6, 6.07) is 0. The molecule has 0 aromatic heterocycles. The number of carbonyl (C=O) groups is 1. The van der Waals surface area contributed by atoms with Gasteiger partial charge in [-0.05, 0) is 78.6 Å². The minimum absolute atomic E-state index is 0.340. The van der Waals surface area contributed by atoms with Crippen LogP contribution in [0.25, 0.3) is 0 Å². The van der Waals surface area contributed by atoms with E-state index in [-0.39, 0.29) is 12.1 Å². The molecule has 4 atom stereocenters. The Labute approximate surface area is 176 Å². The summed E-state index contributed by atoms with van der Waals surface area (Å²) in [7, 11) is -7.56. The topological polar surface area (TPSA) is 63.2 Å². The molecule has 0 aliphatic carbocycles. The van der Waals surface area contributed by atoms with Crippen molar-refractivity contribution in [3.8, 4) is 0 Å². The molecule has 0 saturated carbocycles. The summed E-state index contributed by atoms with van der Waals surface area (Å²) in [5.74, 6) is -0.340. The maximum Gasteiger partial charge on any atom is 0.337 e. The van der Waals surface area contributed by atoms with Gasteiger partial charge < -0.3 is 22.4 Å². The van der Waals surface area contributed by atoms with Gasteiger partial charge >= 0.3 is 5.97 Å². The van der Waals surface area contributed by atoms with Crippen LogP contribution in [0.4, 0.5) is 0 Å². The number of carbonyl (C=O) groups excluding carboxylic acids is 1. The SMILES string of the molecule is C[Si](C)(C)OCC(O[Si](C)(C)C)C1OC(=O)[C@@H](O[Si](C)(C)C)[C@H]1O[Si](C)(C)C. The van der Waals surface area contributed by atoms with Gasteiger partial charge in [0.2, 0.25) is 0 Å². The van der Waals surface area contributed by atoms with Crippen molar-refractivity contribution < 1.29 is 27.2 Å². The van der Waals surface area contributed by atoms with Gasteiger partial charge in [0.15, 0.2) is 45.5 Å². The summed E-state index contributed by atoms with van der Waals surface area (Å²) in [5.41, 5.74) is 0. The molecule has 2 unspecified atom stereocenters. The zero-order valence-electron chi connectivity index (χ0n) is 20.0. The smallest absolute Gasteiger partial charge is 0.337 e. The Hall–Kier alpha value is 0.178. The van der Waals surface area contributed by atoms with Gasteiger partial charge in [-0.3, -0.25) is 0 Å². The molecule has 166 valence electrons. The molecular formula is C18H42O6Si4. The minimum atomic E-state index is -1.96. The van der Waals surface area contributed by atoms with Crippen LogP contribution in [0, 0.1) is 0 Å². The van der Waals surface area contributed by atoms with Crippen molar-refractivity contribution in [1.29, 1.82) is 0 Å². The number of cyclic esters (lactones) is 1. The van der Waals surface area contributed by atoms with E-state index in [1.54, 1.807) is 0 Å². The summed E-state index contributed by atoms with van der Waals surface area (Å²) < 4.78 is 31.1. The van der Waals surface area contributed by atoms with Gasteiger partial charge in [0.25, 0.3) is 0 Å². The molecule has 1 aliphatic heterocycles. The number of hydrogen-bond donors (Lipinski definition) is 0. The van der Waals surface area contributed by atoms with E-state index in [2.05, 4.69) is 78.6 Å². The summed E-state index contributed by atoms with van der Waals surface area (Å²) >= 11 is 0. The van der Waals surface area contributed by atoms with Crippen LogP contribution < -0.4 is 0 Å². The fourth-order valence-electron chi connectivity index (χ4n) is 2.88. The Balaban J connectivity index is 3.20. The van der Waals surface area contributed by atoms with Crippen LogP contribution >= 0.6 is 0 Å². The van der Waals surface area contributed by atoms with Gasteiger partial charge in [-0.1, -0.05) is 0 Å². The van der Waals surface area contributed by atoms with Crippen LogP contribution in [0.5, 0.6) is 0 Å². The quantitative estimate of drug-likeness (QED) is 0.351. The normalized spacial score (nSPS) is 25.7. The third kappa shape index (κ3) is 9.79. The number of hydrogen-bond acceptors (Lipinski definition) is 6. The summed E-state index contributed by atoms with van der Waals surface area (Å²) in [5, 5.41) is 0. The second-order valence-corrected chi connectivity index (χ2v) is 29.3. The van der Waals surface area contributed by atoms with Gasteiger partial charge in [0, 0.05) is 0 Å². The van der Waals surface area contributed by atoms with Gasteiger partial charge in [-0.15, -0.1) is 0 Å². The highest BCUT2D eigenvalue weighted by molar-refractivity contribution is 6.71. The predicted molar refractivity (Wildman–Crippen MR) is 124 cm³/mol. The lowest BCUT2D eigenvalue weighted by atomic mass is 10.1. The van der Waals surface area contributed by atoms with Gasteiger partial charge in [-0.2, -0.15) is 0 Å². The van der Waals surface area contributed by atoms with E-state index in [0.717, 1.165) is 0 Å². The van der Waals surface area contributed by atoms with Gasteiger partial charge in [-0.25, -0.2) is 4.79 Å². The van der Waals surface area contributed by atoms with E-state index in [1.807, 2.05) is 0 Å². The molecule has 0 spiro atoms. The molecule has 10 heteroatoms.